The highest BCUT2D eigenvalue weighted by atomic mass is 16.5. The van der Waals surface area contributed by atoms with Crippen LogP contribution < -0.4 is 10.2 Å². The summed E-state index contributed by atoms with van der Waals surface area (Å²) in [5.74, 6) is 0.774. The third-order valence-corrected chi connectivity index (χ3v) is 4.17. The first-order valence-electron chi connectivity index (χ1n) is 8.57. The van der Waals surface area contributed by atoms with E-state index in [1.165, 1.54) is 0 Å². The maximum atomic E-state index is 5.36. The number of benzene rings is 2. The van der Waals surface area contributed by atoms with Crippen LogP contribution in [0.3, 0.4) is 0 Å². The fourth-order valence-corrected chi connectivity index (χ4v) is 2.81. The maximum absolute atomic E-state index is 5.36. The summed E-state index contributed by atoms with van der Waals surface area (Å²) in [6.45, 7) is 0. The van der Waals surface area contributed by atoms with Crippen LogP contribution in [0.5, 0.6) is 5.75 Å². The van der Waals surface area contributed by atoms with E-state index in [0.29, 0.717) is 0 Å². The third-order valence-electron chi connectivity index (χ3n) is 4.17. The van der Waals surface area contributed by atoms with Crippen LogP contribution in [-0.4, -0.2) is 23.3 Å². The normalized spacial score (nSPS) is 11.0. The molecule has 2 heterocycles. The number of aromatic nitrogens is 2. The number of ether oxygens (including phenoxy) is 1. The summed E-state index contributed by atoms with van der Waals surface area (Å²) in [6, 6.07) is 21.7. The van der Waals surface area contributed by atoms with Gasteiger partial charge in [-0.25, -0.2) is 4.98 Å². The summed E-state index contributed by atoms with van der Waals surface area (Å²) >= 11 is 0. The number of methoxy groups -OCH3 is 1. The second-order valence-electron chi connectivity index (χ2n) is 5.96. The summed E-state index contributed by atoms with van der Waals surface area (Å²) in [5.41, 5.74) is 7.73. The van der Waals surface area contributed by atoms with Crippen molar-refractivity contribution < 1.29 is 4.74 Å². The minimum atomic E-state index is 0.774. The Kier molecular flexibility index (Phi) is 4.74. The molecule has 0 radical (unpaired) electrons. The minimum Gasteiger partial charge on any atom is -0.497 e. The van der Waals surface area contributed by atoms with E-state index < -0.39 is 0 Å². The number of hydrazone groups is 1. The standard InChI is InChI=1S/C22H18N4O/c1-27-18-9-10-20-19(12-18)22(26-24-15-16-6-5-11-23-14-16)13-21(25-20)17-7-3-2-4-8-17/h2-15H,1H3,(H,25,26)/b24-15+. The highest BCUT2D eigenvalue weighted by Crippen LogP contribution is 2.30. The molecule has 0 bridgehead atoms. The second-order valence-corrected chi connectivity index (χ2v) is 5.96. The van der Waals surface area contributed by atoms with Crippen molar-refractivity contribution in [2.45, 2.75) is 0 Å². The van der Waals surface area contributed by atoms with Crippen LogP contribution in [0.25, 0.3) is 22.2 Å². The molecule has 0 aliphatic heterocycles. The quantitative estimate of drug-likeness (QED) is 0.415. The van der Waals surface area contributed by atoms with Crippen LogP contribution in [-0.2, 0) is 0 Å². The molecule has 0 fully saturated rings. The van der Waals surface area contributed by atoms with Gasteiger partial charge >= 0.3 is 0 Å². The molecule has 4 rings (SSSR count). The number of hydrogen-bond acceptors (Lipinski definition) is 5. The highest BCUT2D eigenvalue weighted by Gasteiger charge is 2.08. The Bertz CT molecular complexity index is 1080. The van der Waals surface area contributed by atoms with E-state index in [9.17, 15) is 0 Å². The Hall–Kier alpha value is -3.73. The van der Waals surface area contributed by atoms with Crippen LogP contribution >= 0.6 is 0 Å². The van der Waals surface area contributed by atoms with Gasteiger partial charge in [0.1, 0.15) is 5.75 Å². The topological polar surface area (TPSA) is 59.4 Å². The molecule has 0 amide bonds. The van der Waals surface area contributed by atoms with E-state index in [2.05, 4.69) is 15.5 Å². The number of fused-ring (bicyclic) bond motifs is 1. The molecule has 2 aromatic carbocycles. The molecule has 27 heavy (non-hydrogen) atoms. The molecule has 5 heteroatoms. The molecule has 132 valence electrons. The molecule has 2 aromatic heterocycles. The van der Waals surface area contributed by atoms with E-state index in [-0.39, 0.29) is 0 Å². The van der Waals surface area contributed by atoms with Crippen molar-refractivity contribution in [2.24, 2.45) is 5.10 Å². The van der Waals surface area contributed by atoms with Gasteiger partial charge in [0.2, 0.25) is 0 Å². The molecule has 0 saturated carbocycles. The fraction of sp³-hybridized carbons (Fsp3) is 0.0455. The van der Waals surface area contributed by atoms with Gasteiger partial charge in [0.15, 0.2) is 0 Å². The Morgan fingerprint density at radius 2 is 1.89 bits per heavy atom. The first kappa shape index (κ1) is 16.7. The van der Waals surface area contributed by atoms with Gasteiger partial charge in [0, 0.05) is 28.9 Å². The van der Waals surface area contributed by atoms with E-state index in [0.717, 1.165) is 39.2 Å². The molecule has 1 N–H and O–H groups in total. The summed E-state index contributed by atoms with van der Waals surface area (Å²) in [4.78, 5) is 8.88. The minimum absolute atomic E-state index is 0.774. The third kappa shape index (κ3) is 3.77. The lowest BCUT2D eigenvalue weighted by atomic mass is 10.1. The van der Waals surface area contributed by atoms with Crippen LogP contribution in [0.4, 0.5) is 5.69 Å². The van der Waals surface area contributed by atoms with Gasteiger partial charge in [-0.15, -0.1) is 0 Å². The van der Waals surface area contributed by atoms with Crippen molar-refractivity contribution in [3.05, 3.63) is 84.7 Å². The zero-order valence-electron chi connectivity index (χ0n) is 14.8. The second kappa shape index (κ2) is 7.66. The van der Waals surface area contributed by atoms with Crippen molar-refractivity contribution in [3.63, 3.8) is 0 Å². The largest absolute Gasteiger partial charge is 0.497 e. The summed E-state index contributed by atoms with van der Waals surface area (Å²) in [6.07, 6.45) is 5.23. The number of nitrogens with one attached hydrogen (secondary N) is 1. The van der Waals surface area contributed by atoms with E-state index in [1.54, 1.807) is 25.7 Å². The zero-order chi connectivity index (χ0) is 18.5. The molecule has 0 aliphatic rings. The number of pyridine rings is 2. The van der Waals surface area contributed by atoms with E-state index >= 15 is 0 Å². The molecule has 0 atom stereocenters. The number of rotatable bonds is 5. The molecule has 0 unspecified atom stereocenters. The summed E-state index contributed by atoms with van der Waals surface area (Å²) in [7, 11) is 1.65. The van der Waals surface area contributed by atoms with Crippen molar-refractivity contribution in [2.75, 3.05) is 12.5 Å². The van der Waals surface area contributed by atoms with Crippen LogP contribution in [0, 0.1) is 0 Å². The van der Waals surface area contributed by atoms with Gasteiger partial charge in [-0.05, 0) is 30.3 Å². The molecular weight excluding hydrogens is 336 g/mol. The number of hydrogen-bond donors (Lipinski definition) is 1. The number of anilines is 1. The lowest BCUT2D eigenvalue weighted by molar-refractivity contribution is 0.415. The predicted octanol–water partition coefficient (Wildman–Crippen LogP) is 4.75. The molecular formula is C22H18N4O. The van der Waals surface area contributed by atoms with Gasteiger partial charge in [-0.2, -0.15) is 5.10 Å². The lowest BCUT2D eigenvalue weighted by Gasteiger charge is -2.10. The average molecular weight is 354 g/mol. The monoisotopic (exact) mass is 354 g/mol. The first-order chi connectivity index (χ1) is 13.3. The summed E-state index contributed by atoms with van der Waals surface area (Å²) < 4.78 is 5.36. The fourth-order valence-electron chi connectivity index (χ4n) is 2.81. The zero-order valence-corrected chi connectivity index (χ0v) is 14.8. The van der Waals surface area contributed by atoms with Crippen molar-refractivity contribution in [1.82, 2.24) is 9.97 Å². The van der Waals surface area contributed by atoms with Crippen molar-refractivity contribution >= 4 is 22.8 Å². The van der Waals surface area contributed by atoms with Gasteiger partial charge in [-0.3, -0.25) is 10.4 Å². The first-order valence-corrected chi connectivity index (χ1v) is 8.57. The molecule has 4 aromatic rings. The van der Waals surface area contributed by atoms with Gasteiger partial charge < -0.3 is 4.74 Å². The average Bonchev–Trinajstić information content (AvgIpc) is 2.74. The van der Waals surface area contributed by atoms with E-state index in [4.69, 9.17) is 9.72 Å². The SMILES string of the molecule is COc1ccc2nc(-c3ccccc3)cc(N/N=C/c3cccnc3)c2c1. The Morgan fingerprint density at radius 3 is 2.67 bits per heavy atom. The maximum Gasteiger partial charge on any atom is 0.119 e. The molecule has 0 saturated heterocycles. The van der Waals surface area contributed by atoms with Crippen molar-refractivity contribution in [1.29, 1.82) is 0 Å². The van der Waals surface area contributed by atoms with Crippen LogP contribution in [0.1, 0.15) is 5.56 Å². The van der Waals surface area contributed by atoms with Crippen LogP contribution in [0.2, 0.25) is 0 Å². The van der Waals surface area contributed by atoms with Gasteiger partial charge in [-0.1, -0.05) is 36.4 Å². The van der Waals surface area contributed by atoms with Crippen molar-refractivity contribution in [3.8, 4) is 17.0 Å². The Balaban J connectivity index is 1.76. The van der Waals surface area contributed by atoms with Crippen LogP contribution in [0.15, 0.2) is 84.2 Å². The van der Waals surface area contributed by atoms with Gasteiger partial charge in [0.25, 0.3) is 0 Å². The lowest BCUT2D eigenvalue weighted by Crippen LogP contribution is -1.96. The molecule has 5 nitrogen and oxygen atoms in total. The molecule has 0 aliphatic carbocycles. The Labute approximate surface area is 157 Å². The Morgan fingerprint density at radius 1 is 1.00 bits per heavy atom. The van der Waals surface area contributed by atoms with Gasteiger partial charge in [0.05, 0.1) is 30.2 Å². The summed E-state index contributed by atoms with van der Waals surface area (Å²) in [5, 5.41) is 5.31. The van der Waals surface area contributed by atoms with E-state index in [1.807, 2.05) is 66.7 Å². The highest BCUT2D eigenvalue weighted by molar-refractivity contribution is 5.95. The predicted molar refractivity (Wildman–Crippen MR) is 109 cm³/mol. The number of nitrogens with zero attached hydrogens (tertiary/aromatic N) is 3. The molecule has 0 spiro atoms. The smallest absolute Gasteiger partial charge is 0.119 e.